The van der Waals surface area contributed by atoms with Gasteiger partial charge in [-0.05, 0) is 148 Å². The molecule has 0 unspecified atom stereocenters. The van der Waals surface area contributed by atoms with Gasteiger partial charge in [0, 0.05) is 49.4 Å². The molecular weight excluding hydrogens is 1070 g/mol. The molecular formula is C79H45N9. The molecule has 0 aliphatic heterocycles. The molecule has 88 heavy (non-hydrogen) atoms. The number of hydrogen-bond donors (Lipinski definition) is 0. The van der Waals surface area contributed by atoms with Crippen molar-refractivity contribution in [2.45, 2.75) is 0 Å². The number of nitrogens with zero attached hydrogens (tertiary/aromatic N) is 9. The number of aromatic nitrogens is 5. The summed E-state index contributed by atoms with van der Waals surface area (Å²) >= 11 is 0. The van der Waals surface area contributed by atoms with E-state index in [4.69, 9.17) is 34.7 Å². The minimum atomic E-state index is 0.512. The fraction of sp³-hybridized carbons (Fsp3) is 0. The zero-order chi connectivity index (χ0) is 59.2. The number of benzene rings is 12. The second-order valence-electron chi connectivity index (χ2n) is 21.6. The van der Waals surface area contributed by atoms with E-state index >= 15 is 0 Å². The zero-order valence-corrected chi connectivity index (χ0v) is 47.0. The molecule has 0 aliphatic rings. The molecule has 0 bridgehead atoms. The maximum absolute atomic E-state index is 9.97. The van der Waals surface area contributed by atoms with Gasteiger partial charge in [0.25, 0.3) is 0 Å². The summed E-state index contributed by atoms with van der Waals surface area (Å²) in [5, 5.41) is 14.0. The average molecular weight is 1120 g/mol. The Morgan fingerprint density at radius 2 is 0.625 bits per heavy atom. The Bertz CT molecular complexity index is 5230. The topological polar surface area (TPSA) is 85.4 Å². The monoisotopic (exact) mass is 1120 g/mol. The van der Waals surface area contributed by atoms with Crippen molar-refractivity contribution in [2.24, 2.45) is 0 Å². The quantitative estimate of drug-likeness (QED) is 0.128. The standard InChI is InChI=1S/C79H45N9/c1-81-62-25-13-22-54(41-62)58-31-36-74-68(45-58)67-44-57(53-21-12-16-50(40-53)49-80)30-35-73(67)87(74)71-29-11-10-28-65(71)66-48-61(79-85-77(51-17-6-4-7-18-51)84-78(86-79)52-19-8-5-9-20-52)34-39-72(66)88-75-37-32-59(55-23-14-26-63(42-55)82-2)46-69(75)70-47-60(33-38-76(70)88)56-24-15-27-64(43-56)83-3/h4-48H. The van der Waals surface area contributed by atoms with E-state index in [0.29, 0.717) is 40.1 Å². The van der Waals surface area contributed by atoms with E-state index in [1.165, 1.54) is 0 Å². The Balaban J connectivity index is 1.02. The molecule has 0 N–H and O–H groups in total. The van der Waals surface area contributed by atoms with Crippen LogP contribution in [0, 0.1) is 31.0 Å². The highest BCUT2D eigenvalue weighted by molar-refractivity contribution is 6.14. The normalized spacial score (nSPS) is 11.1. The van der Waals surface area contributed by atoms with Gasteiger partial charge >= 0.3 is 0 Å². The third-order valence-corrected chi connectivity index (χ3v) is 16.4. The second-order valence-corrected chi connectivity index (χ2v) is 21.6. The number of rotatable bonds is 10. The molecule has 9 nitrogen and oxygen atoms in total. The molecule has 0 amide bonds. The molecule has 406 valence electrons. The molecule has 3 heterocycles. The van der Waals surface area contributed by atoms with E-state index in [1.807, 2.05) is 158 Å². The molecule has 0 radical (unpaired) electrons. The molecule has 9 heteroatoms. The van der Waals surface area contributed by atoms with Crippen LogP contribution >= 0.6 is 0 Å². The van der Waals surface area contributed by atoms with Crippen molar-refractivity contribution in [1.82, 2.24) is 24.1 Å². The fourth-order valence-electron chi connectivity index (χ4n) is 12.2. The van der Waals surface area contributed by atoms with Gasteiger partial charge in [0.2, 0.25) is 0 Å². The molecule has 0 fully saturated rings. The first-order chi connectivity index (χ1) is 43.4. The summed E-state index contributed by atoms with van der Waals surface area (Å²) in [4.78, 5) is 26.9. The summed E-state index contributed by atoms with van der Waals surface area (Å²) in [5.41, 5.74) is 20.1. The van der Waals surface area contributed by atoms with E-state index in [0.717, 1.165) is 127 Å². The fourth-order valence-corrected chi connectivity index (χ4v) is 12.2. The Kier molecular flexibility index (Phi) is 12.9. The highest BCUT2D eigenvalue weighted by atomic mass is 15.0. The predicted molar refractivity (Wildman–Crippen MR) is 355 cm³/mol. The van der Waals surface area contributed by atoms with Crippen molar-refractivity contribution in [3.8, 4) is 107 Å². The number of nitriles is 1. The van der Waals surface area contributed by atoms with Gasteiger partial charge in [0.1, 0.15) is 0 Å². The minimum absolute atomic E-state index is 0.512. The van der Waals surface area contributed by atoms with Crippen molar-refractivity contribution < 1.29 is 0 Å². The molecule has 0 aliphatic carbocycles. The Morgan fingerprint density at radius 3 is 1.05 bits per heavy atom. The number of para-hydroxylation sites is 1. The highest BCUT2D eigenvalue weighted by Gasteiger charge is 2.24. The Labute approximate surface area is 507 Å². The van der Waals surface area contributed by atoms with Crippen LogP contribution in [0.25, 0.3) is 159 Å². The van der Waals surface area contributed by atoms with Gasteiger partial charge in [-0.25, -0.2) is 29.5 Å². The summed E-state index contributed by atoms with van der Waals surface area (Å²) in [5.74, 6) is 1.62. The second kappa shape index (κ2) is 21.8. The summed E-state index contributed by atoms with van der Waals surface area (Å²) in [7, 11) is 0. The number of fused-ring (bicyclic) bond motifs is 6. The third-order valence-electron chi connectivity index (χ3n) is 16.4. The van der Waals surface area contributed by atoms with Crippen LogP contribution in [-0.2, 0) is 0 Å². The van der Waals surface area contributed by atoms with E-state index in [1.54, 1.807) is 0 Å². The van der Waals surface area contributed by atoms with E-state index in [-0.39, 0.29) is 0 Å². The van der Waals surface area contributed by atoms with Crippen molar-refractivity contribution in [3.63, 3.8) is 0 Å². The summed E-state index contributed by atoms with van der Waals surface area (Å²) in [6.45, 7) is 23.6. The van der Waals surface area contributed by atoms with Gasteiger partial charge < -0.3 is 9.13 Å². The third kappa shape index (κ3) is 9.24. The van der Waals surface area contributed by atoms with Gasteiger partial charge in [-0.1, -0.05) is 170 Å². The van der Waals surface area contributed by atoms with Crippen LogP contribution < -0.4 is 0 Å². The molecule has 3 aromatic heterocycles. The van der Waals surface area contributed by atoms with E-state index < -0.39 is 0 Å². The van der Waals surface area contributed by atoms with E-state index in [2.05, 4.69) is 145 Å². The molecule has 15 aromatic rings. The Morgan fingerprint density at radius 1 is 0.284 bits per heavy atom. The van der Waals surface area contributed by atoms with Crippen LogP contribution in [0.1, 0.15) is 5.56 Å². The van der Waals surface area contributed by atoms with Crippen LogP contribution in [-0.4, -0.2) is 24.1 Å². The lowest BCUT2D eigenvalue weighted by atomic mass is 9.97. The zero-order valence-electron chi connectivity index (χ0n) is 47.0. The summed E-state index contributed by atoms with van der Waals surface area (Å²) in [6.07, 6.45) is 0. The first kappa shape index (κ1) is 52.0. The summed E-state index contributed by atoms with van der Waals surface area (Å²) < 4.78 is 4.71. The molecule has 0 spiro atoms. The molecule has 0 saturated carbocycles. The van der Waals surface area contributed by atoms with Gasteiger partial charge in [-0.2, -0.15) is 5.26 Å². The van der Waals surface area contributed by atoms with Crippen LogP contribution in [0.3, 0.4) is 0 Å². The molecule has 12 aromatic carbocycles. The van der Waals surface area contributed by atoms with Crippen molar-refractivity contribution >= 4 is 60.7 Å². The average Bonchev–Trinajstić information content (AvgIpc) is 1.63. The van der Waals surface area contributed by atoms with Crippen molar-refractivity contribution in [3.05, 3.63) is 313 Å². The smallest absolute Gasteiger partial charge is 0.187 e. The van der Waals surface area contributed by atoms with Crippen molar-refractivity contribution in [1.29, 1.82) is 5.26 Å². The van der Waals surface area contributed by atoms with Crippen molar-refractivity contribution in [2.75, 3.05) is 0 Å². The number of hydrogen-bond acceptors (Lipinski definition) is 4. The van der Waals surface area contributed by atoms with Crippen LogP contribution in [0.2, 0.25) is 0 Å². The Hall–Kier alpha value is -12.8. The maximum Gasteiger partial charge on any atom is 0.187 e. The van der Waals surface area contributed by atoms with Gasteiger partial charge in [-0.3, -0.25) is 0 Å². The summed E-state index contributed by atoms with van der Waals surface area (Å²) in [6, 6.07) is 94.6. The SMILES string of the molecule is [C-]#[N+]c1cccc(-c2ccc3c(c2)c2cc(-c4cccc(C#N)c4)ccc2n3-c2ccccc2-c2cc(-c3nc(-c4ccccc4)nc(-c4ccccc4)n3)ccc2-n2c3ccc(-c4cccc([N+]#[C-])c4)cc3c3cc(-c4cccc([N+]#[C-])c4)ccc32)c1. The maximum atomic E-state index is 9.97. The van der Waals surface area contributed by atoms with Gasteiger partial charge in [0.15, 0.2) is 34.5 Å². The largest absolute Gasteiger partial charge is 0.309 e. The minimum Gasteiger partial charge on any atom is -0.309 e. The predicted octanol–water partition coefficient (Wildman–Crippen LogP) is 20.9. The van der Waals surface area contributed by atoms with Crippen LogP contribution in [0.4, 0.5) is 17.1 Å². The van der Waals surface area contributed by atoms with Crippen LogP contribution in [0.15, 0.2) is 273 Å². The van der Waals surface area contributed by atoms with E-state index in [9.17, 15) is 5.26 Å². The lowest BCUT2D eigenvalue weighted by molar-refractivity contribution is 1.07. The molecule has 15 rings (SSSR count). The first-order valence-electron chi connectivity index (χ1n) is 28.6. The highest BCUT2D eigenvalue weighted by Crippen LogP contribution is 2.45. The molecule has 0 saturated heterocycles. The van der Waals surface area contributed by atoms with Gasteiger partial charge in [0.05, 0.1) is 64.8 Å². The first-order valence-corrected chi connectivity index (χ1v) is 28.6. The molecule has 0 atom stereocenters. The van der Waals surface area contributed by atoms with Gasteiger partial charge in [-0.15, -0.1) is 0 Å². The lowest BCUT2D eigenvalue weighted by Crippen LogP contribution is -2.03. The lowest BCUT2D eigenvalue weighted by Gasteiger charge is -2.20. The van der Waals surface area contributed by atoms with Crippen LogP contribution in [0.5, 0.6) is 0 Å².